The van der Waals surface area contributed by atoms with Gasteiger partial charge in [-0.3, -0.25) is 0 Å². The fraction of sp³-hybridized carbons (Fsp3) is 0.222. The summed E-state index contributed by atoms with van der Waals surface area (Å²) in [5.41, 5.74) is 2.30. The molecule has 0 aliphatic carbocycles. The highest BCUT2D eigenvalue weighted by Crippen LogP contribution is 2.34. The van der Waals surface area contributed by atoms with Gasteiger partial charge in [-0.15, -0.1) is 0 Å². The lowest BCUT2D eigenvalue weighted by molar-refractivity contribution is 0.172. The number of aromatic nitrogens is 1. The summed E-state index contributed by atoms with van der Waals surface area (Å²) in [7, 11) is 0. The summed E-state index contributed by atoms with van der Waals surface area (Å²) in [4.78, 5) is 16.8. The first kappa shape index (κ1) is 14.7. The van der Waals surface area contributed by atoms with Crippen molar-refractivity contribution < 1.29 is 19.0 Å². The van der Waals surface area contributed by atoms with E-state index in [-0.39, 0.29) is 12.5 Å². The van der Waals surface area contributed by atoms with Crippen LogP contribution in [0, 0.1) is 6.92 Å². The molecule has 3 aromatic rings. The van der Waals surface area contributed by atoms with Crippen LogP contribution in [0.2, 0.25) is 0 Å². The minimum Gasteiger partial charge on any atom is -0.486 e. The minimum absolute atomic E-state index is 0.0935. The highest BCUT2D eigenvalue weighted by molar-refractivity contribution is 5.83. The van der Waals surface area contributed by atoms with Gasteiger partial charge in [0.15, 0.2) is 11.5 Å². The number of aliphatic hydroxyl groups excluding tert-OH is 1. The van der Waals surface area contributed by atoms with Crippen molar-refractivity contribution in [2.24, 2.45) is 0 Å². The number of benzene rings is 2. The monoisotopic (exact) mass is 325 g/mol. The Morgan fingerprint density at radius 2 is 1.88 bits per heavy atom. The molecule has 0 saturated heterocycles. The topological polar surface area (TPSA) is 81.8 Å². The van der Waals surface area contributed by atoms with Gasteiger partial charge < -0.3 is 19.0 Å². The Labute approximate surface area is 137 Å². The number of nitrogens with zero attached hydrogens (tertiary/aromatic N) is 1. The average molecular weight is 325 g/mol. The fourth-order valence-corrected chi connectivity index (χ4v) is 2.72. The number of aryl methyl sites for hydroxylation is 1. The molecule has 122 valence electrons. The van der Waals surface area contributed by atoms with E-state index in [9.17, 15) is 9.90 Å². The molecular weight excluding hydrogens is 310 g/mol. The van der Waals surface area contributed by atoms with Crippen LogP contribution < -0.4 is 15.1 Å². The number of aliphatic hydroxyl groups is 1. The van der Waals surface area contributed by atoms with Gasteiger partial charge in [0.1, 0.15) is 13.2 Å². The predicted octanol–water partition coefficient (Wildman–Crippen LogP) is 2.43. The van der Waals surface area contributed by atoms with E-state index in [4.69, 9.17) is 13.9 Å². The van der Waals surface area contributed by atoms with Crippen LogP contribution in [-0.4, -0.2) is 23.3 Å². The van der Waals surface area contributed by atoms with Crippen LogP contribution in [0.4, 0.5) is 0 Å². The highest BCUT2D eigenvalue weighted by atomic mass is 16.6. The Morgan fingerprint density at radius 1 is 1.12 bits per heavy atom. The van der Waals surface area contributed by atoms with Crippen LogP contribution in [0.15, 0.2) is 39.5 Å². The van der Waals surface area contributed by atoms with Crippen LogP contribution in [0.1, 0.15) is 11.1 Å². The molecule has 24 heavy (non-hydrogen) atoms. The zero-order valence-corrected chi connectivity index (χ0v) is 13.0. The van der Waals surface area contributed by atoms with E-state index in [1.165, 1.54) is 0 Å². The lowest BCUT2D eigenvalue weighted by Gasteiger charge is -2.18. The van der Waals surface area contributed by atoms with Crippen LogP contribution in [-0.2, 0) is 6.61 Å². The Hall–Kier alpha value is -2.86. The second-order valence-corrected chi connectivity index (χ2v) is 5.63. The van der Waals surface area contributed by atoms with Crippen molar-refractivity contribution >= 4 is 10.9 Å². The molecule has 0 saturated carbocycles. The maximum Gasteiger partial charge on any atom is 0.347 e. The first-order valence-electron chi connectivity index (χ1n) is 7.61. The molecule has 0 radical (unpaired) electrons. The summed E-state index contributed by atoms with van der Waals surface area (Å²) in [6, 6.07) is 8.74. The third-order valence-corrected chi connectivity index (χ3v) is 4.01. The van der Waals surface area contributed by atoms with Crippen LogP contribution in [0.5, 0.6) is 11.5 Å². The van der Waals surface area contributed by atoms with E-state index in [2.05, 4.69) is 4.98 Å². The number of hydrogen-bond acceptors (Lipinski definition) is 6. The molecule has 0 fully saturated rings. The quantitative estimate of drug-likeness (QED) is 0.779. The van der Waals surface area contributed by atoms with Gasteiger partial charge in [-0.05, 0) is 24.1 Å². The first-order valence-corrected chi connectivity index (χ1v) is 7.61. The number of fused-ring (bicyclic) bond motifs is 2. The Bertz CT molecular complexity index is 993. The van der Waals surface area contributed by atoms with Gasteiger partial charge in [0.2, 0.25) is 5.89 Å². The number of rotatable bonds is 2. The van der Waals surface area contributed by atoms with Crippen molar-refractivity contribution in [1.29, 1.82) is 0 Å². The lowest BCUT2D eigenvalue weighted by atomic mass is 10.1. The summed E-state index contributed by atoms with van der Waals surface area (Å²) < 4.78 is 16.4. The Morgan fingerprint density at radius 3 is 2.62 bits per heavy atom. The molecule has 6 heteroatoms. The third kappa shape index (κ3) is 2.41. The molecule has 0 unspecified atom stereocenters. The molecule has 1 aliphatic heterocycles. The van der Waals surface area contributed by atoms with Crippen molar-refractivity contribution in [3.8, 4) is 23.0 Å². The highest BCUT2D eigenvalue weighted by Gasteiger charge is 2.17. The van der Waals surface area contributed by atoms with Gasteiger partial charge in [0.25, 0.3) is 0 Å². The third-order valence-electron chi connectivity index (χ3n) is 4.01. The summed E-state index contributed by atoms with van der Waals surface area (Å²) in [5.74, 6) is 1.31. The van der Waals surface area contributed by atoms with Gasteiger partial charge >= 0.3 is 5.63 Å². The van der Waals surface area contributed by atoms with Crippen molar-refractivity contribution in [2.75, 3.05) is 13.2 Å². The summed E-state index contributed by atoms with van der Waals surface area (Å²) >= 11 is 0. The fourth-order valence-electron chi connectivity index (χ4n) is 2.72. The maximum atomic E-state index is 12.4. The standard InChI is InChI=1S/C18H15NO5/c1-10-2-3-11(9-20)6-12(10)17-19-14-8-16-15(22-4-5-23-16)7-13(14)18(21)24-17/h2-3,6-8,20H,4-5,9H2,1H3. The molecule has 0 atom stereocenters. The Kier molecular flexibility index (Phi) is 3.46. The van der Waals surface area contributed by atoms with Gasteiger partial charge in [-0.2, -0.15) is 0 Å². The van der Waals surface area contributed by atoms with Crippen molar-refractivity contribution in [1.82, 2.24) is 4.98 Å². The Balaban J connectivity index is 1.93. The summed E-state index contributed by atoms with van der Waals surface area (Å²) in [6.07, 6.45) is 0. The smallest absolute Gasteiger partial charge is 0.347 e. The predicted molar refractivity (Wildman–Crippen MR) is 87.4 cm³/mol. The van der Waals surface area contributed by atoms with Crippen LogP contribution in [0.25, 0.3) is 22.4 Å². The second-order valence-electron chi connectivity index (χ2n) is 5.63. The molecule has 6 nitrogen and oxygen atoms in total. The normalized spacial score (nSPS) is 13.2. The van der Waals surface area contributed by atoms with Gasteiger partial charge in [0, 0.05) is 17.7 Å². The number of hydrogen-bond donors (Lipinski definition) is 1. The summed E-state index contributed by atoms with van der Waals surface area (Å²) in [6.45, 7) is 2.71. The van der Waals surface area contributed by atoms with Crippen molar-refractivity contribution in [2.45, 2.75) is 13.5 Å². The molecule has 2 aromatic carbocycles. The van der Waals surface area contributed by atoms with Crippen molar-refractivity contribution in [3.05, 3.63) is 51.9 Å². The maximum absolute atomic E-state index is 12.4. The van der Waals surface area contributed by atoms with E-state index in [1.54, 1.807) is 18.2 Å². The molecule has 0 bridgehead atoms. The van der Waals surface area contributed by atoms with Gasteiger partial charge in [-0.25, -0.2) is 9.78 Å². The number of ether oxygens (including phenoxy) is 2. The summed E-state index contributed by atoms with van der Waals surface area (Å²) in [5, 5.41) is 9.66. The van der Waals surface area contributed by atoms with E-state index >= 15 is 0 Å². The van der Waals surface area contributed by atoms with Gasteiger partial charge in [-0.1, -0.05) is 12.1 Å². The van der Waals surface area contributed by atoms with E-state index < -0.39 is 5.63 Å². The molecule has 1 N–H and O–H groups in total. The largest absolute Gasteiger partial charge is 0.486 e. The lowest BCUT2D eigenvalue weighted by Crippen LogP contribution is -2.16. The molecule has 1 aliphatic rings. The van der Waals surface area contributed by atoms with E-state index in [0.717, 1.165) is 11.1 Å². The van der Waals surface area contributed by atoms with Crippen molar-refractivity contribution in [3.63, 3.8) is 0 Å². The zero-order valence-electron chi connectivity index (χ0n) is 13.0. The van der Waals surface area contributed by atoms with E-state index in [1.807, 2.05) is 19.1 Å². The average Bonchev–Trinajstić information content (AvgIpc) is 2.60. The molecule has 4 rings (SSSR count). The zero-order chi connectivity index (χ0) is 16.7. The SMILES string of the molecule is Cc1ccc(CO)cc1-c1nc2cc3c(cc2c(=O)o1)OCCO3. The molecule has 0 amide bonds. The van der Waals surface area contributed by atoms with E-state index in [0.29, 0.717) is 41.2 Å². The minimum atomic E-state index is -0.485. The first-order chi connectivity index (χ1) is 11.7. The molecule has 0 spiro atoms. The van der Waals surface area contributed by atoms with Crippen LogP contribution >= 0.6 is 0 Å². The molecule has 2 heterocycles. The molecule has 1 aromatic heterocycles. The van der Waals surface area contributed by atoms with Crippen LogP contribution in [0.3, 0.4) is 0 Å². The molecular formula is C18H15NO5. The second kappa shape index (κ2) is 5.65. The van der Waals surface area contributed by atoms with Gasteiger partial charge in [0.05, 0.1) is 17.5 Å².